The molecule has 0 N–H and O–H groups in total. The van der Waals surface area contributed by atoms with Gasteiger partial charge in [-0.3, -0.25) is 0 Å². The lowest BCUT2D eigenvalue weighted by molar-refractivity contribution is -0.876. The summed E-state index contributed by atoms with van der Waals surface area (Å²) in [7, 11) is 9.54. The molecule has 0 saturated heterocycles. The predicted octanol–water partition coefficient (Wildman–Crippen LogP) is 0.647. The second-order valence-electron chi connectivity index (χ2n) is 3.85. The quantitative estimate of drug-likeness (QED) is 0.277. The average Bonchev–Trinajstić information content (AvgIpc) is 1.95. The van der Waals surface area contributed by atoms with E-state index < -0.39 is 0 Å². The third-order valence-corrected chi connectivity index (χ3v) is 1.07. The molecule has 0 aromatic carbocycles. The number of nitriles is 1. The summed E-state index contributed by atoms with van der Waals surface area (Å²) in [5.74, 6) is 0. The Labute approximate surface area is 80.0 Å². The average molecular weight is 181 g/mol. The monoisotopic (exact) mass is 181 g/mol. The van der Waals surface area contributed by atoms with E-state index in [1.165, 1.54) is 0 Å². The SMILES string of the molecule is CN(C)C=C(C#N)C=N[N+](C)(C)C. The van der Waals surface area contributed by atoms with E-state index in [0.717, 1.165) is 0 Å². The largest absolute Gasteiger partial charge is 0.382 e. The fourth-order valence-electron chi connectivity index (χ4n) is 0.605. The highest BCUT2D eigenvalue weighted by atomic mass is 15.6. The van der Waals surface area contributed by atoms with Crippen molar-refractivity contribution in [2.24, 2.45) is 5.10 Å². The van der Waals surface area contributed by atoms with Crippen LogP contribution < -0.4 is 0 Å². The molecule has 0 aliphatic carbocycles. The standard InChI is InChI=1S/C9H17N4/c1-12(2)8-9(6-10)7-11-13(3,4)5/h7-8H,1-5H3/q+1. The number of hydrogen-bond donors (Lipinski definition) is 0. The Morgan fingerprint density at radius 3 is 2.23 bits per heavy atom. The van der Waals surface area contributed by atoms with Gasteiger partial charge in [0.2, 0.25) is 0 Å². The molecule has 0 rings (SSSR count). The summed E-state index contributed by atoms with van der Waals surface area (Å²) in [6, 6.07) is 2.07. The second-order valence-corrected chi connectivity index (χ2v) is 3.85. The van der Waals surface area contributed by atoms with Crippen molar-refractivity contribution in [3.8, 4) is 6.07 Å². The Bertz CT molecular complexity index is 250. The lowest BCUT2D eigenvalue weighted by atomic mass is 10.3. The first-order chi connectivity index (χ1) is 5.85. The second kappa shape index (κ2) is 4.63. The summed E-state index contributed by atoms with van der Waals surface area (Å²) >= 11 is 0. The van der Waals surface area contributed by atoms with Gasteiger partial charge in [-0.25, -0.2) is 4.59 Å². The maximum atomic E-state index is 8.73. The lowest BCUT2D eigenvalue weighted by Gasteiger charge is -2.14. The molecule has 0 aliphatic rings. The third-order valence-electron chi connectivity index (χ3n) is 1.07. The van der Waals surface area contributed by atoms with Gasteiger partial charge in [0.1, 0.15) is 12.3 Å². The van der Waals surface area contributed by atoms with Crippen molar-refractivity contribution in [3.63, 3.8) is 0 Å². The van der Waals surface area contributed by atoms with E-state index in [1.54, 1.807) is 12.4 Å². The van der Waals surface area contributed by atoms with Crippen LogP contribution in [0.5, 0.6) is 0 Å². The van der Waals surface area contributed by atoms with E-state index in [2.05, 4.69) is 11.2 Å². The molecule has 0 heterocycles. The Morgan fingerprint density at radius 2 is 1.92 bits per heavy atom. The molecule has 0 aliphatic heterocycles. The minimum atomic E-state index is 0.465. The van der Waals surface area contributed by atoms with Crippen molar-refractivity contribution >= 4 is 6.21 Å². The van der Waals surface area contributed by atoms with E-state index in [1.807, 2.05) is 40.1 Å². The number of nitrogens with zero attached hydrogens (tertiary/aromatic N) is 4. The molecule has 0 unspecified atom stereocenters. The molecule has 13 heavy (non-hydrogen) atoms. The van der Waals surface area contributed by atoms with Crippen LogP contribution in [0.3, 0.4) is 0 Å². The summed E-state index contributed by atoms with van der Waals surface area (Å²) in [6.45, 7) is 0. The van der Waals surface area contributed by atoms with Crippen LogP contribution in [-0.2, 0) is 0 Å². The molecule has 4 nitrogen and oxygen atoms in total. The minimum Gasteiger partial charge on any atom is -0.382 e. The molecular formula is C9H17N4+. The molecule has 0 aromatic rings. The summed E-state index contributed by atoms with van der Waals surface area (Å²) < 4.78 is 0.465. The molecule has 72 valence electrons. The molecule has 0 radical (unpaired) electrons. The Kier molecular flexibility index (Phi) is 4.15. The van der Waals surface area contributed by atoms with Gasteiger partial charge in [0.25, 0.3) is 0 Å². The molecule has 0 atom stereocenters. The van der Waals surface area contributed by atoms with Gasteiger partial charge < -0.3 is 4.90 Å². The zero-order chi connectivity index (χ0) is 10.5. The van der Waals surface area contributed by atoms with Gasteiger partial charge in [-0.05, 0) is 0 Å². The molecule has 0 bridgehead atoms. The van der Waals surface area contributed by atoms with Crippen molar-refractivity contribution in [1.82, 2.24) is 4.90 Å². The maximum absolute atomic E-state index is 8.73. The van der Waals surface area contributed by atoms with E-state index >= 15 is 0 Å². The smallest absolute Gasteiger partial charge is 0.102 e. The predicted molar refractivity (Wildman–Crippen MR) is 53.9 cm³/mol. The highest BCUT2D eigenvalue weighted by Crippen LogP contribution is 1.94. The Hall–Kier alpha value is -1.34. The molecule has 0 amide bonds. The number of rotatable bonds is 3. The van der Waals surface area contributed by atoms with Crippen LogP contribution in [0.15, 0.2) is 16.9 Å². The highest BCUT2D eigenvalue weighted by molar-refractivity contribution is 5.82. The summed E-state index contributed by atoms with van der Waals surface area (Å²) in [6.07, 6.45) is 3.32. The minimum absolute atomic E-state index is 0.465. The first kappa shape index (κ1) is 11.7. The van der Waals surface area contributed by atoms with Crippen molar-refractivity contribution < 1.29 is 4.59 Å². The van der Waals surface area contributed by atoms with Crippen LogP contribution >= 0.6 is 0 Å². The third kappa shape index (κ3) is 7.04. The first-order valence-electron chi connectivity index (χ1n) is 4.00. The van der Waals surface area contributed by atoms with Crippen LogP contribution in [0.1, 0.15) is 0 Å². The molecule has 0 spiro atoms. The summed E-state index contributed by atoms with van der Waals surface area (Å²) in [5, 5.41) is 12.9. The topological polar surface area (TPSA) is 39.4 Å². The van der Waals surface area contributed by atoms with Crippen LogP contribution in [0.2, 0.25) is 0 Å². The molecule has 4 heteroatoms. The number of hydrogen-bond acceptors (Lipinski definition) is 3. The molecule has 0 saturated carbocycles. The van der Waals surface area contributed by atoms with Gasteiger partial charge in [-0.15, -0.1) is 0 Å². The summed E-state index contributed by atoms with van der Waals surface area (Å²) in [5.41, 5.74) is 0.554. The van der Waals surface area contributed by atoms with Crippen molar-refractivity contribution in [1.29, 1.82) is 5.26 Å². The Balaban J connectivity index is 4.50. The van der Waals surface area contributed by atoms with Gasteiger partial charge in [-0.2, -0.15) is 5.26 Å². The highest BCUT2D eigenvalue weighted by Gasteiger charge is 2.02. The van der Waals surface area contributed by atoms with Crippen LogP contribution in [0, 0.1) is 11.3 Å². The molecular weight excluding hydrogens is 164 g/mol. The van der Waals surface area contributed by atoms with Crippen LogP contribution in [0.4, 0.5) is 0 Å². The Morgan fingerprint density at radius 1 is 1.38 bits per heavy atom. The first-order valence-corrected chi connectivity index (χ1v) is 4.00. The van der Waals surface area contributed by atoms with Crippen LogP contribution in [0.25, 0.3) is 0 Å². The molecule has 0 fully saturated rings. The number of quaternary nitrogens is 1. The van der Waals surface area contributed by atoms with Gasteiger partial charge in [0.15, 0.2) is 0 Å². The maximum Gasteiger partial charge on any atom is 0.102 e. The lowest BCUT2D eigenvalue weighted by Crippen LogP contribution is -2.27. The van der Waals surface area contributed by atoms with E-state index in [4.69, 9.17) is 5.26 Å². The molecule has 0 aromatic heterocycles. The fourth-order valence-corrected chi connectivity index (χ4v) is 0.605. The van der Waals surface area contributed by atoms with Gasteiger partial charge >= 0.3 is 0 Å². The van der Waals surface area contributed by atoms with Gasteiger partial charge in [0.05, 0.1) is 26.7 Å². The van der Waals surface area contributed by atoms with E-state index in [9.17, 15) is 0 Å². The fraction of sp³-hybridized carbons (Fsp3) is 0.556. The normalized spacial score (nSPS) is 13.1. The van der Waals surface area contributed by atoms with Crippen molar-refractivity contribution in [3.05, 3.63) is 11.8 Å². The van der Waals surface area contributed by atoms with E-state index in [0.29, 0.717) is 10.2 Å². The van der Waals surface area contributed by atoms with Crippen LogP contribution in [-0.4, -0.2) is 50.9 Å². The van der Waals surface area contributed by atoms with Gasteiger partial charge in [-0.1, -0.05) is 5.10 Å². The zero-order valence-corrected chi connectivity index (χ0v) is 8.94. The summed E-state index contributed by atoms with van der Waals surface area (Å²) in [4.78, 5) is 1.82. The number of allylic oxidation sites excluding steroid dienone is 1. The van der Waals surface area contributed by atoms with Crippen molar-refractivity contribution in [2.75, 3.05) is 35.2 Å². The zero-order valence-electron chi connectivity index (χ0n) is 8.94. The van der Waals surface area contributed by atoms with E-state index in [-0.39, 0.29) is 0 Å². The van der Waals surface area contributed by atoms with Crippen molar-refractivity contribution in [2.45, 2.75) is 0 Å². The van der Waals surface area contributed by atoms with Gasteiger partial charge in [0, 0.05) is 20.3 Å².